The number of Topliss-reactive ketones (excluding diaryl/α,β-unsaturated/α-hetero) is 1. The first-order valence-corrected chi connectivity index (χ1v) is 5.99. The number of ketones is 1. The molecule has 2 heteroatoms. The smallest absolute Gasteiger partial charge is 0.188 e. The molecular formula is C15H11NO. The van der Waals surface area contributed by atoms with Crippen LogP contribution >= 0.6 is 0 Å². The molecule has 4 rings (SSSR count). The lowest BCUT2D eigenvalue weighted by molar-refractivity contribution is -0.109. The molecule has 0 saturated heterocycles. The summed E-state index contributed by atoms with van der Waals surface area (Å²) >= 11 is 0. The monoisotopic (exact) mass is 221 g/mol. The van der Waals surface area contributed by atoms with E-state index in [-0.39, 0.29) is 5.78 Å². The Labute approximate surface area is 98.7 Å². The zero-order valence-corrected chi connectivity index (χ0v) is 9.31. The van der Waals surface area contributed by atoms with Gasteiger partial charge in [0.1, 0.15) is 0 Å². The topological polar surface area (TPSA) is 29.4 Å². The van der Waals surface area contributed by atoms with Crippen molar-refractivity contribution in [2.75, 3.05) is 0 Å². The molecule has 2 nitrogen and oxygen atoms in total. The van der Waals surface area contributed by atoms with E-state index in [0.717, 1.165) is 27.4 Å². The molecule has 0 spiro atoms. The lowest BCUT2D eigenvalue weighted by Gasteiger charge is -2.05. The molecule has 0 N–H and O–H groups in total. The first kappa shape index (κ1) is 9.11. The van der Waals surface area contributed by atoms with Crippen LogP contribution in [-0.4, -0.2) is 11.5 Å². The van der Waals surface area contributed by atoms with Gasteiger partial charge < -0.3 is 0 Å². The average Bonchev–Trinajstić information content (AvgIpc) is 3.09. The van der Waals surface area contributed by atoms with E-state index in [4.69, 9.17) is 0 Å². The molecule has 1 aliphatic heterocycles. The van der Waals surface area contributed by atoms with E-state index in [1.807, 2.05) is 30.3 Å². The minimum atomic E-state index is 0.0955. The zero-order valence-electron chi connectivity index (χ0n) is 9.31. The van der Waals surface area contributed by atoms with Gasteiger partial charge >= 0.3 is 0 Å². The molecule has 1 fully saturated rings. The average molecular weight is 221 g/mol. The number of hydrogen-bond donors (Lipinski definition) is 0. The van der Waals surface area contributed by atoms with E-state index in [1.165, 1.54) is 12.8 Å². The quantitative estimate of drug-likeness (QED) is 0.694. The minimum absolute atomic E-state index is 0.0955. The number of allylic oxidation sites excluding steroid dienone is 1. The number of carbonyl (C=O) groups excluding carboxylic acids is 1. The summed E-state index contributed by atoms with van der Waals surface area (Å²) in [6.45, 7) is 0. The molecule has 3 aliphatic rings. The second-order valence-electron chi connectivity index (χ2n) is 4.81. The van der Waals surface area contributed by atoms with Crippen molar-refractivity contribution in [3.05, 3.63) is 46.4 Å². The molecule has 0 radical (unpaired) electrons. The van der Waals surface area contributed by atoms with Crippen molar-refractivity contribution in [2.45, 2.75) is 12.8 Å². The third-order valence-corrected chi connectivity index (χ3v) is 3.55. The van der Waals surface area contributed by atoms with Gasteiger partial charge in [-0.3, -0.25) is 9.79 Å². The van der Waals surface area contributed by atoms with Crippen LogP contribution in [0.25, 0.3) is 11.8 Å². The maximum Gasteiger partial charge on any atom is 0.188 e. The number of aliphatic imine (C=N–C) groups is 1. The second-order valence-corrected chi connectivity index (χ2v) is 4.81. The van der Waals surface area contributed by atoms with Crippen LogP contribution in [0.1, 0.15) is 12.8 Å². The molecule has 0 amide bonds. The number of fused-ring (bicyclic) bond motifs is 2. The third kappa shape index (κ3) is 1.27. The van der Waals surface area contributed by atoms with Gasteiger partial charge in [-0.25, -0.2) is 0 Å². The molecule has 0 atom stereocenters. The zero-order chi connectivity index (χ0) is 11.4. The lowest BCUT2D eigenvalue weighted by Crippen LogP contribution is -2.32. The standard InChI is InChI=1S/C15H11NO/c17-14-7-10-3-1-2-4-11(10)15-12(14)8-13(16-15)9-5-6-9/h1-4,7-9H,5-6H2. The minimum Gasteiger partial charge on any atom is -0.289 e. The Kier molecular flexibility index (Phi) is 1.63. The maximum atomic E-state index is 12.0. The molecule has 0 bridgehead atoms. The van der Waals surface area contributed by atoms with Gasteiger partial charge in [-0.15, -0.1) is 0 Å². The van der Waals surface area contributed by atoms with Crippen LogP contribution in [0, 0.1) is 5.92 Å². The molecule has 1 aromatic carbocycles. The van der Waals surface area contributed by atoms with E-state index in [1.54, 1.807) is 6.08 Å². The van der Waals surface area contributed by atoms with Crippen molar-refractivity contribution < 1.29 is 4.79 Å². The summed E-state index contributed by atoms with van der Waals surface area (Å²) in [6.07, 6.45) is 6.14. The molecule has 0 aromatic heterocycles. The van der Waals surface area contributed by atoms with E-state index in [9.17, 15) is 4.79 Å². The van der Waals surface area contributed by atoms with Gasteiger partial charge in [0, 0.05) is 16.8 Å². The third-order valence-electron chi connectivity index (χ3n) is 3.55. The van der Waals surface area contributed by atoms with Crippen molar-refractivity contribution in [1.29, 1.82) is 0 Å². The normalized spacial score (nSPS) is 21.4. The first-order valence-electron chi connectivity index (χ1n) is 5.99. The summed E-state index contributed by atoms with van der Waals surface area (Å²) in [4.78, 5) is 16.7. The molecule has 1 aromatic rings. The largest absolute Gasteiger partial charge is 0.289 e. The molecule has 2 aliphatic carbocycles. The van der Waals surface area contributed by atoms with Gasteiger partial charge in [0.15, 0.2) is 5.78 Å². The van der Waals surface area contributed by atoms with Gasteiger partial charge in [-0.05, 0) is 30.2 Å². The fourth-order valence-corrected chi connectivity index (χ4v) is 2.48. The Morgan fingerprint density at radius 2 is 1.94 bits per heavy atom. The Bertz CT molecular complexity index is 718. The van der Waals surface area contributed by atoms with Crippen LogP contribution in [0.5, 0.6) is 0 Å². The lowest BCUT2D eigenvalue weighted by atomic mass is 9.99. The van der Waals surface area contributed by atoms with Crippen molar-refractivity contribution in [2.24, 2.45) is 10.9 Å². The number of nitrogens with zero attached hydrogens (tertiary/aromatic N) is 1. The number of hydrogen-bond acceptors (Lipinski definition) is 2. The van der Waals surface area contributed by atoms with E-state index >= 15 is 0 Å². The van der Waals surface area contributed by atoms with E-state index in [2.05, 4.69) is 4.99 Å². The Hall–Kier alpha value is -1.96. The summed E-state index contributed by atoms with van der Waals surface area (Å²) < 4.78 is 0. The highest BCUT2D eigenvalue weighted by molar-refractivity contribution is 6.29. The van der Waals surface area contributed by atoms with Crippen LogP contribution in [0.2, 0.25) is 0 Å². The van der Waals surface area contributed by atoms with Gasteiger partial charge in [-0.2, -0.15) is 0 Å². The Balaban J connectivity index is 2.07. The summed E-state index contributed by atoms with van der Waals surface area (Å²) in [5.74, 6) is 0.693. The van der Waals surface area contributed by atoms with Crippen LogP contribution in [0.4, 0.5) is 0 Å². The van der Waals surface area contributed by atoms with E-state index < -0.39 is 0 Å². The molecule has 1 heterocycles. The summed E-state index contributed by atoms with van der Waals surface area (Å²) in [6, 6.07) is 7.97. The van der Waals surface area contributed by atoms with Crippen LogP contribution in [0.3, 0.4) is 0 Å². The van der Waals surface area contributed by atoms with Crippen molar-refractivity contribution in [1.82, 2.24) is 0 Å². The fraction of sp³-hybridized carbons (Fsp3) is 0.200. The van der Waals surface area contributed by atoms with Crippen molar-refractivity contribution in [3.8, 4) is 0 Å². The van der Waals surface area contributed by atoms with Gasteiger partial charge in [0.25, 0.3) is 0 Å². The summed E-state index contributed by atoms with van der Waals surface area (Å²) in [7, 11) is 0. The highest BCUT2D eigenvalue weighted by Crippen LogP contribution is 2.36. The van der Waals surface area contributed by atoms with Crippen molar-refractivity contribution >= 4 is 23.3 Å². The van der Waals surface area contributed by atoms with Crippen molar-refractivity contribution in [3.63, 3.8) is 0 Å². The van der Waals surface area contributed by atoms with Gasteiger partial charge in [0.2, 0.25) is 0 Å². The predicted octanol–water partition coefficient (Wildman–Crippen LogP) is 0.949. The molecule has 82 valence electrons. The predicted molar refractivity (Wildman–Crippen MR) is 66.8 cm³/mol. The fourth-order valence-electron chi connectivity index (χ4n) is 2.48. The second kappa shape index (κ2) is 3.04. The van der Waals surface area contributed by atoms with Crippen LogP contribution in [0.15, 0.2) is 40.9 Å². The van der Waals surface area contributed by atoms with Gasteiger partial charge in [-0.1, -0.05) is 24.3 Å². The maximum absolute atomic E-state index is 12.0. The molecule has 17 heavy (non-hydrogen) atoms. The summed E-state index contributed by atoms with van der Waals surface area (Å²) in [5, 5.41) is 2.08. The molecular weight excluding hydrogens is 210 g/mol. The van der Waals surface area contributed by atoms with Crippen LogP contribution in [-0.2, 0) is 4.79 Å². The van der Waals surface area contributed by atoms with E-state index in [0.29, 0.717) is 5.92 Å². The number of rotatable bonds is 1. The first-order chi connectivity index (χ1) is 8.33. The molecule has 1 saturated carbocycles. The highest BCUT2D eigenvalue weighted by atomic mass is 16.1. The molecule has 0 unspecified atom stereocenters. The Morgan fingerprint density at radius 3 is 2.76 bits per heavy atom. The Morgan fingerprint density at radius 1 is 1.12 bits per heavy atom. The number of carbonyl (C=O) groups is 1. The SMILES string of the molecule is O=C1C=c2ccccc2=C2N=C(C3CC3)C=C12. The van der Waals surface area contributed by atoms with Crippen LogP contribution < -0.4 is 10.4 Å². The number of benzene rings is 1. The summed E-state index contributed by atoms with van der Waals surface area (Å²) in [5.41, 5.74) is 2.77. The van der Waals surface area contributed by atoms with Gasteiger partial charge in [0.05, 0.1) is 11.3 Å². The highest BCUT2D eigenvalue weighted by Gasteiger charge is 2.32.